The maximum atomic E-state index is 11.8. The van der Waals surface area contributed by atoms with Crippen LogP contribution < -0.4 is 5.32 Å². The molecule has 4 rings (SSSR count). The Balaban J connectivity index is 1.84. The molecular formula is C16H10N8O4. The highest BCUT2D eigenvalue weighted by atomic mass is 16.6. The van der Waals surface area contributed by atoms with E-state index in [2.05, 4.69) is 25.6 Å². The number of nitro groups is 2. The maximum absolute atomic E-state index is 11.8. The Morgan fingerprint density at radius 1 is 0.964 bits per heavy atom. The first-order valence-corrected chi connectivity index (χ1v) is 7.86. The van der Waals surface area contributed by atoms with E-state index in [1.165, 1.54) is 28.9 Å². The average Bonchev–Trinajstić information content (AvgIpc) is 3.12. The van der Waals surface area contributed by atoms with Crippen molar-refractivity contribution in [3.63, 3.8) is 0 Å². The fourth-order valence-corrected chi connectivity index (χ4v) is 2.64. The minimum Gasteiger partial charge on any atom is -0.334 e. The molecule has 0 unspecified atom stereocenters. The molecule has 2 aromatic carbocycles. The summed E-state index contributed by atoms with van der Waals surface area (Å²) in [4.78, 5) is 29.4. The summed E-state index contributed by atoms with van der Waals surface area (Å²) in [6.45, 7) is 0. The van der Waals surface area contributed by atoms with Crippen molar-refractivity contribution in [3.8, 4) is 5.82 Å². The monoisotopic (exact) mass is 378 g/mol. The molecule has 2 aromatic heterocycles. The molecule has 12 nitrogen and oxygen atoms in total. The van der Waals surface area contributed by atoms with Crippen molar-refractivity contribution in [2.24, 2.45) is 0 Å². The van der Waals surface area contributed by atoms with Crippen LogP contribution in [-0.2, 0) is 0 Å². The van der Waals surface area contributed by atoms with Gasteiger partial charge in [-0.2, -0.15) is 4.68 Å². The van der Waals surface area contributed by atoms with E-state index < -0.39 is 15.5 Å². The number of benzene rings is 2. The summed E-state index contributed by atoms with van der Waals surface area (Å²) in [5.41, 5.74) is 0.744. The van der Waals surface area contributed by atoms with Gasteiger partial charge in [-0.25, -0.2) is 9.97 Å². The molecule has 0 bridgehead atoms. The lowest BCUT2D eigenvalue weighted by atomic mass is 10.2. The van der Waals surface area contributed by atoms with Crippen molar-refractivity contribution in [1.29, 1.82) is 0 Å². The SMILES string of the molecule is O=[N+]([O-])c1cccc(Nc2ncnc(-n3nnc4ccccc43)c2[N+](=O)[O-])c1. The van der Waals surface area contributed by atoms with Gasteiger partial charge in [0.1, 0.15) is 11.8 Å². The lowest BCUT2D eigenvalue weighted by Crippen LogP contribution is -2.09. The number of hydrogen-bond donors (Lipinski definition) is 1. The van der Waals surface area contributed by atoms with Crippen LogP contribution in [0.3, 0.4) is 0 Å². The Labute approximate surface area is 155 Å². The van der Waals surface area contributed by atoms with Crippen molar-refractivity contribution in [1.82, 2.24) is 25.0 Å². The molecule has 0 saturated carbocycles. The summed E-state index contributed by atoms with van der Waals surface area (Å²) in [5.74, 6) is -0.211. The number of non-ortho nitro benzene ring substituents is 1. The lowest BCUT2D eigenvalue weighted by Gasteiger charge is -2.08. The second kappa shape index (κ2) is 6.68. The number of rotatable bonds is 5. The van der Waals surface area contributed by atoms with Crippen LogP contribution in [-0.4, -0.2) is 34.8 Å². The molecule has 0 radical (unpaired) electrons. The third-order valence-corrected chi connectivity index (χ3v) is 3.86. The number of nitrogens with zero attached hydrogens (tertiary/aromatic N) is 7. The number of nitrogens with one attached hydrogen (secondary N) is 1. The van der Waals surface area contributed by atoms with E-state index >= 15 is 0 Å². The van der Waals surface area contributed by atoms with Gasteiger partial charge in [-0.3, -0.25) is 20.2 Å². The first-order chi connectivity index (χ1) is 13.5. The second-order valence-corrected chi connectivity index (χ2v) is 5.57. The minimum absolute atomic E-state index is 0.0818. The van der Waals surface area contributed by atoms with Crippen LogP contribution in [0.4, 0.5) is 22.9 Å². The Kier molecular flexibility index (Phi) is 4.04. The first kappa shape index (κ1) is 17.0. The largest absolute Gasteiger partial charge is 0.356 e. The topological polar surface area (TPSA) is 155 Å². The molecule has 4 aromatic rings. The van der Waals surface area contributed by atoms with Crippen molar-refractivity contribution >= 4 is 33.9 Å². The molecule has 0 atom stereocenters. The fourth-order valence-electron chi connectivity index (χ4n) is 2.64. The Morgan fingerprint density at radius 2 is 1.79 bits per heavy atom. The van der Waals surface area contributed by atoms with Crippen LogP contribution in [0.2, 0.25) is 0 Å². The third-order valence-electron chi connectivity index (χ3n) is 3.86. The number of aromatic nitrogens is 5. The number of fused-ring (bicyclic) bond motifs is 1. The van der Waals surface area contributed by atoms with Gasteiger partial charge in [0.2, 0.25) is 11.6 Å². The predicted molar refractivity (Wildman–Crippen MR) is 97.5 cm³/mol. The van der Waals surface area contributed by atoms with E-state index in [0.717, 1.165) is 6.33 Å². The Morgan fingerprint density at radius 3 is 2.57 bits per heavy atom. The van der Waals surface area contributed by atoms with E-state index in [1.54, 1.807) is 24.3 Å². The lowest BCUT2D eigenvalue weighted by molar-refractivity contribution is -0.384. The van der Waals surface area contributed by atoms with E-state index in [9.17, 15) is 20.2 Å². The number of anilines is 2. The molecule has 0 saturated heterocycles. The normalized spacial score (nSPS) is 10.7. The zero-order chi connectivity index (χ0) is 19.7. The minimum atomic E-state index is -0.647. The Bertz CT molecular complexity index is 1220. The predicted octanol–water partition coefficient (Wildman–Crippen LogP) is 2.77. The first-order valence-electron chi connectivity index (χ1n) is 7.86. The summed E-state index contributed by atoms with van der Waals surface area (Å²) < 4.78 is 1.24. The summed E-state index contributed by atoms with van der Waals surface area (Å²) in [6.07, 6.45) is 1.14. The van der Waals surface area contributed by atoms with Gasteiger partial charge in [0, 0.05) is 17.8 Å². The zero-order valence-corrected chi connectivity index (χ0v) is 14.0. The molecule has 0 aliphatic carbocycles. The summed E-state index contributed by atoms with van der Waals surface area (Å²) >= 11 is 0. The van der Waals surface area contributed by atoms with Gasteiger partial charge in [-0.15, -0.1) is 5.10 Å². The van der Waals surface area contributed by atoms with Crippen LogP contribution in [0.5, 0.6) is 0 Å². The molecule has 2 heterocycles. The van der Waals surface area contributed by atoms with Gasteiger partial charge in [0.15, 0.2) is 0 Å². The summed E-state index contributed by atoms with van der Waals surface area (Å²) in [5, 5.41) is 33.4. The molecule has 0 aliphatic heterocycles. The van der Waals surface area contributed by atoms with Gasteiger partial charge < -0.3 is 5.32 Å². The van der Waals surface area contributed by atoms with E-state index in [-0.39, 0.29) is 23.0 Å². The van der Waals surface area contributed by atoms with Crippen LogP contribution in [0.1, 0.15) is 0 Å². The third kappa shape index (κ3) is 2.94. The quantitative estimate of drug-likeness (QED) is 0.407. The standard InChI is InChI=1S/C16H10N8O4/c25-23(26)11-5-3-4-10(8-11)19-15-14(24(27)28)16(18-9-17-15)22-13-7-2-1-6-12(13)20-21-22/h1-9H,(H,17,18,19). The molecule has 0 fully saturated rings. The van der Waals surface area contributed by atoms with Gasteiger partial charge in [0.05, 0.1) is 15.4 Å². The maximum Gasteiger partial charge on any atom is 0.356 e. The molecule has 0 aliphatic rings. The Hall–Kier alpha value is -4.48. The van der Waals surface area contributed by atoms with Gasteiger partial charge in [-0.1, -0.05) is 23.4 Å². The van der Waals surface area contributed by atoms with E-state index in [0.29, 0.717) is 11.0 Å². The molecule has 0 amide bonds. The average molecular weight is 378 g/mol. The smallest absolute Gasteiger partial charge is 0.334 e. The molecule has 28 heavy (non-hydrogen) atoms. The van der Waals surface area contributed by atoms with Crippen molar-refractivity contribution < 1.29 is 9.85 Å². The van der Waals surface area contributed by atoms with E-state index in [4.69, 9.17) is 0 Å². The highest BCUT2D eigenvalue weighted by Gasteiger charge is 2.26. The van der Waals surface area contributed by atoms with Gasteiger partial charge >= 0.3 is 5.69 Å². The number of para-hydroxylation sites is 1. The summed E-state index contributed by atoms with van der Waals surface area (Å²) in [6, 6.07) is 12.5. The summed E-state index contributed by atoms with van der Waals surface area (Å²) in [7, 11) is 0. The van der Waals surface area contributed by atoms with E-state index in [1.807, 2.05) is 0 Å². The highest BCUT2D eigenvalue weighted by Crippen LogP contribution is 2.31. The van der Waals surface area contributed by atoms with Crippen LogP contribution in [0.15, 0.2) is 54.9 Å². The fraction of sp³-hybridized carbons (Fsp3) is 0. The number of hydrogen-bond acceptors (Lipinski definition) is 9. The molecule has 138 valence electrons. The van der Waals surface area contributed by atoms with Crippen molar-refractivity contribution in [3.05, 3.63) is 75.1 Å². The second-order valence-electron chi connectivity index (χ2n) is 5.57. The van der Waals surface area contributed by atoms with Crippen LogP contribution >= 0.6 is 0 Å². The van der Waals surface area contributed by atoms with Crippen molar-refractivity contribution in [2.75, 3.05) is 5.32 Å². The number of nitro benzene ring substituents is 1. The zero-order valence-electron chi connectivity index (χ0n) is 14.0. The van der Waals surface area contributed by atoms with Gasteiger partial charge in [0.25, 0.3) is 5.69 Å². The molecule has 1 N–H and O–H groups in total. The molecule has 0 spiro atoms. The van der Waals surface area contributed by atoms with Crippen LogP contribution in [0, 0.1) is 20.2 Å². The van der Waals surface area contributed by atoms with Crippen LogP contribution in [0.25, 0.3) is 16.9 Å². The highest BCUT2D eigenvalue weighted by molar-refractivity contribution is 5.78. The molecule has 12 heteroatoms. The van der Waals surface area contributed by atoms with Gasteiger partial charge in [-0.05, 0) is 18.2 Å². The van der Waals surface area contributed by atoms with Crippen molar-refractivity contribution in [2.45, 2.75) is 0 Å². The molecular weight excluding hydrogens is 368 g/mol.